The zero-order chi connectivity index (χ0) is 13.1. The Kier molecular flexibility index (Phi) is 4.59. The van der Waals surface area contributed by atoms with E-state index in [9.17, 15) is 0 Å². The van der Waals surface area contributed by atoms with Gasteiger partial charge in [-0.25, -0.2) is 0 Å². The summed E-state index contributed by atoms with van der Waals surface area (Å²) in [5.74, 6) is 0.469. The van der Waals surface area contributed by atoms with Crippen LogP contribution in [0.5, 0.6) is 0 Å². The Labute approximate surface area is 120 Å². The molecule has 0 spiro atoms. The fraction of sp³-hybridized carbons (Fsp3) is 0.462. The summed E-state index contributed by atoms with van der Waals surface area (Å²) >= 11 is 5.32. The second kappa shape index (κ2) is 5.99. The summed E-state index contributed by atoms with van der Waals surface area (Å²) in [6.45, 7) is 6.12. The van der Waals surface area contributed by atoms with Gasteiger partial charge in [-0.15, -0.1) is 11.3 Å². The molecule has 0 bridgehead atoms. The van der Waals surface area contributed by atoms with Gasteiger partial charge in [0.2, 0.25) is 0 Å². The van der Waals surface area contributed by atoms with Crippen LogP contribution in [0.3, 0.4) is 0 Å². The molecule has 2 aromatic rings. The van der Waals surface area contributed by atoms with Crippen LogP contribution in [-0.4, -0.2) is 9.78 Å². The van der Waals surface area contributed by atoms with Crippen molar-refractivity contribution in [3.8, 4) is 0 Å². The molecule has 3 nitrogen and oxygen atoms in total. The van der Waals surface area contributed by atoms with E-state index in [-0.39, 0.29) is 0 Å². The van der Waals surface area contributed by atoms with Crippen molar-refractivity contribution in [1.29, 1.82) is 0 Å². The number of aromatic nitrogens is 2. The van der Waals surface area contributed by atoms with Crippen LogP contribution in [0.1, 0.15) is 35.9 Å². The van der Waals surface area contributed by atoms with Gasteiger partial charge in [0.05, 0.1) is 5.69 Å². The van der Waals surface area contributed by atoms with Gasteiger partial charge in [-0.1, -0.05) is 13.8 Å². The van der Waals surface area contributed by atoms with Crippen molar-refractivity contribution in [2.24, 2.45) is 7.05 Å². The van der Waals surface area contributed by atoms with Crippen LogP contribution < -0.4 is 5.32 Å². The topological polar surface area (TPSA) is 29.9 Å². The molecule has 0 saturated heterocycles. The van der Waals surface area contributed by atoms with Gasteiger partial charge in [0.1, 0.15) is 0 Å². The lowest BCUT2D eigenvalue weighted by Crippen LogP contribution is -2.13. The van der Waals surface area contributed by atoms with Gasteiger partial charge in [-0.05, 0) is 33.3 Å². The average Bonchev–Trinajstić information content (AvgIpc) is 2.86. The number of hydrogen-bond acceptors (Lipinski definition) is 3. The van der Waals surface area contributed by atoms with Crippen molar-refractivity contribution < 1.29 is 0 Å². The van der Waals surface area contributed by atoms with Crippen molar-refractivity contribution in [2.75, 3.05) is 0 Å². The molecular weight excluding hydrogens is 310 g/mol. The van der Waals surface area contributed by atoms with Crippen LogP contribution >= 0.6 is 27.3 Å². The van der Waals surface area contributed by atoms with E-state index in [2.05, 4.69) is 57.8 Å². The monoisotopic (exact) mass is 327 g/mol. The number of nitrogens with zero attached hydrogens (tertiary/aromatic N) is 2. The molecule has 2 rings (SSSR count). The Morgan fingerprint density at radius 1 is 1.44 bits per heavy atom. The summed E-state index contributed by atoms with van der Waals surface area (Å²) in [5.41, 5.74) is 2.48. The molecular formula is C13H18BrN3S. The smallest absolute Gasteiger partial charge is 0.0694 e. The number of halogens is 1. The van der Waals surface area contributed by atoms with Crippen LogP contribution in [0.2, 0.25) is 0 Å². The van der Waals surface area contributed by atoms with Crippen LogP contribution in [-0.2, 0) is 20.1 Å². The maximum atomic E-state index is 4.51. The normalized spacial score (nSPS) is 11.4. The van der Waals surface area contributed by atoms with Crippen LogP contribution in [0.15, 0.2) is 22.1 Å². The number of thiophene rings is 1. The molecule has 0 saturated carbocycles. The first-order valence-electron chi connectivity index (χ1n) is 6.03. The van der Waals surface area contributed by atoms with Gasteiger partial charge in [-0.3, -0.25) is 4.68 Å². The second-order valence-corrected chi connectivity index (χ2v) is 6.52. The highest BCUT2D eigenvalue weighted by Crippen LogP contribution is 2.22. The van der Waals surface area contributed by atoms with Crippen molar-refractivity contribution in [1.82, 2.24) is 15.1 Å². The third kappa shape index (κ3) is 3.22. The van der Waals surface area contributed by atoms with E-state index in [0.29, 0.717) is 5.92 Å². The van der Waals surface area contributed by atoms with Gasteiger partial charge >= 0.3 is 0 Å². The zero-order valence-electron chi connectivity index (χ0n) is 10.9. The van der Waals surface area contributed by atoms with Gasteiger partial charge in [0, 0.05) is 41.2 Å². The molecule has 0 aliphatic heterocycles. The Hall–Kier alpha value is -0.650. The third-order valence-electron chi connectivity index (χ3n) is 2.78. The first kappa shape index (κ1) is 13.8. The van der Waals surface area contributed by atoms with E-state index in [1.807, 2.05) is 11.7 Å². The van der Waals surface area contributed by atoms with E-state index in [1.165, 1.54) is 20.6 Å². The molecule has 18 heavy (non-hydrogen) atoms. The van der Waals surface area contributed by atoms with E-state index in [4.69, 9.17) is 0 Å². The highest BCUT2D eigenvalue weighted by molar-refractivity contribution is 9.10. The molecule has 0 aromatic carbocycles. The van der Waals surface area contributed by atoms with Gasteiger partial charge in [0.25, 0.3) is 0 Å². The van der Waals surface area contributed by atoms with Crippen molar-refractivity contribution in [2.45, 2.75) is 32.9 Å². The Morgan fingerprint density at radius 3 is 2.83 bits per heavy atom. The molecule has 0 aliphatic rings. The van der Waals surface area contributed by atoms with E-state index in [0.717, 1.165) is 13.1 Å². The fourth-order valence-electron chi connectivity index (χ4n) is 1.94. The second-order valence-electron chi connectivity index (χ2n) is 4.66. The van der Waals surface area contributed by atoms with Crippen molar-refractivity contribution in [3.05, 3.63) is 38.3 Å². The highest BCUT2D eigenvalue weighted by Gasteiger charge is 2.11. The minimum absolute atomic E-state index is 0.469. The number of hydrogen-bond donors (Lipinski definition) is 1. The summed E-state index contributed by atoms with van der Waals surface area (Å²) in [6, 6.07) is 2.09. The van der Waals surface area contributed by atoms with E-state index in [1.54, 1.807) is 11.3 Å². The Balaban J connectivity index is 1.96. The summed E-state index contributed by atoms with van der Waals surface area (Å²) in [7, 11) is 1.98. The van der Waals surface area contributed by atoms with Crippen LogP contribution in [0, 0.1) is 0 Å². The molecule has 98 valence electrons. The highest BCUT2D eigenvalue weighted by atomic mass is 79.9. The maximum Gasteiger partial charge on any atom is 0.0694 e. The summed E-state index contributed by atoms with van der Waals surface area (Å²) in [5, 5.41) is 10.1. The molecule has 5 heteroatoms. The lowest BCUT2D eigenvalue weighted by molar-refractivity contribution is 0.682. The predicted molar refractivity (Wildman–Crippen MR) is 79.9 cm³/mol. The Morgan fingerprint density at radius 2 is 2.22 bits per heavy atom. The SMILES string of the molecule is CC(C)c1nn(C)cc1CNCc1sccc1Br. The first-order valence-corrected chi connectivity index (χ1v) is 7.70. The van der Waals surface area contributed by atoms with Crippen LogP contribution in [0.25, 0.3) is 0 Å². The third-order valence-corrected chi connectivity index (χ3v) is 4.70. The quantitative estimate of drug-likeness (QED) is 0.908. The molecule has 0 aliphatic carbocycles. The number of nitrogens with one attached hydrogen (secondary N) is 1. The lowest BCUT2D eigenvalue weighted by Gasteiger charge is -2.06. The van der Waals surface area contributed by atoms with E-state index >= 15 is 0 Å². The number of aryl methyl sites for hydroxylation is 1. The van der Waals surface area contributed by atoms with Crippen molar-refractivity contribution >= 4 is 27.3 Å². The lowest BCUT2D eigenvalue weighted by atomic mass is 10.1. The molecule has 2 aromatic heterocycles. The average molecular weight is 328 g/mol. The number of rotatable bonds is 5. The molecule has 0 atom stereocenters. The summed E-state index contributed by atoms with van der Waals surface area (Å²) in [6.07, 6.45) is 2.10. The van der Waals surface area contributed by atoms with Gasteiger partial charge in [0.15, 0.2) is 0 Å². The molecule has 0 fully saturated rings. The first-order chi connectivity index (χ1) is 8.58. The van der Waals surface area contributed by atoms with Crippen LogP contribution in [0.4, 0.5) is 0 Å². The van der Waals surface area contributed by atoms with Gasteiger partial charge < -0.3 is 5.32 Å². The standard InChI is InChI=1S/C13H18BrN3S/c1-9(2)13-10(8-17(3)16-13)6-15-7-12-11(14)4-5-18-12/h4-5,8-9,15H,6-7H2,1-3H3. The molecule has 2 heterocycles. The summed E-state index contributed by atoms with van der Waals surface area (Å²) < 4.78 is 3.09. The molecule has 0 radical (unpaired) electrons. The fourth-order valence-corrected chi connectivity index (χ4v) is 3.40. The largest absolute Gasteiger partial charge is 0.308 e. The molecule has 0 amide bonds. The minimum atomic E-state index is 0.469. The predicted octanol–water partition coefficient (Wildman–Crippen LogP) is 3.66. The maximum absolute atomic E-state index is 4.51. The summed E-state index contributed by atoms with van der Waals surface area (Å²) in [4.78, 5) is 1.34. The zero-order valence-corrected chi connectivity index (χ0v) is 13.3. The molecule has 1 N–H and O–H groups in total. The van der Waals surface area contributed by atoms with E-state index < -0.39 is 0 Å². The van der Waals surface area contributed by atoms with Crippen molar-refractivity contribution in [3.63, 3.8) is 0 Å². The Bertz CT molecular complexity index is 516. The molecule has 0 unspecified atom stereocenters. The van der Waals surface area contributed by atoms with Gasteiger partial charge in [-0.2, -0.15) is 5.10 Å². The minimum Gasteiger partial charge on any atom is -0.308 e.